The van der Waals surface area contributed by atoms with E-state index in [-0.39, 0.29) is 6.10 Å². The van der Waals surface area contributed by atoms with Crippen molar-refractivity contribution in [1.82, 2.24) is 4.90 Å². The van der Waals surface area contributed by atoms with Crippen LogP contribution in [0.15, 0.2) is 48.5 Å². The first-order chi connectivity index (χ1) is 12.0. The highest BCUT2D eigenvalue weighted by atomic mass is 19.4. The molecular formula is C20H22F3NO. The van der Waals surface area contributed by atoms with Gasteiger partial charge in [-0.2, -0.15) is 13.2 Å². The number of nitrogens with zero attached hydrogens (tertiary/aromatic N) is 1. The Kier molecular flexibility index (Phi) is 5.33. The summed E-state index contributed by atoms with van der Waals surface area (Å²) in [5.41, 5.74) is 1.72. The van der Waals surface area contributed by atoms with Crippen LogP contribution in [0.4, 0.5) is 13.2 Å². The van der Waals surface area contributed by atoms with Gasteiger partial charge in [0.2, 0.25) is 0 Å². The molecule has 0 radical (unpaired) electrons. The van der Waals surface area contributed by atoms with Gasteiger partial charge in [-0.25, -0.2) is 0 Å². The van der Waals surface area contributed by atoms with E-state index in [1.54, 1.807) is 0 Å². The summed E-state index contributed by atoms with van der Waals surface area (Å²) in [4.78, 5) is 2.36. The number of alkyl halides is 3. The molecular weight excluding hydrogens is 327 g/mol. The summed E-state index contributed by atoms with van der Waals surface area (Å²) in [6.07, 6.45) is -2.49. The second kappa shape index (κ2) is 7.48. The second-order valence-electron chi connectivity index (χ2n) is 6.38. The third kappa shape index (κ3) is 4.34. The molecule has 2 nitrogen and oxygen atoms in total. The van der Waals surface area contributed by atoms with E-state index in [0.717, 1.165) is 50.2 Å². The summed E-state index contributed by atoms with van der Waals surface area (Å²) in [5.74, 6) is 0.464. The van der Waals surface area contributed by atoms with E-state index >= 15 is 0 Å². The fraction of sp³-hybridized carbons (Fsp3) is 0.400. The van der Waals surface area contributed by atoms with Crippen LogP contribution in [0.2, 0.25) is 0 Å². The first-order valence-electron chi connectivity index (χ1n) is 8.61. The van der Waals surface area contributed by atoms with Crippen molar-refractivity contribution in [2.24, 2.45) is 0 Å². The number of hydrogen-bond donors (Lipinski definition) is 0. The van der Waals surface area contributed by atoms with Gasteiger partial charge in [-0.15, -0.1) is 0 Å². The van der Waals surface area contributed by atoms with E-state index in [1.807, 2.05) is 12.1 Å². The molecule has 0 aromatic heterocycles. The zero-order valence-corrected chi connectivity index (χ0v) is 14.2. The van der Waals surface area contributed by atoms with Crippen LogP contribution in [-0.4, -0.2) is 24.5 Å². The maximum atomic E-state index is 12.7. The summed E-state index contributed by atoms with van der Waals surface area (Å²) in [5, 5.41) is 0. The van der Waals surface area contributed by atoms with Crippen LogP contribution in [-0.2, 0) is 12.6 Å². The highest BCUT2D eigenvalue weighted by molar-refractivity contribution is 5.34. The maximum Gasteiger partial charge on any atom is 0.416 e. The summed E-state index contributed by atoms with van der Waals surface area (Å²) in [6.45, 7) is 4.84. The molecule has 25 heavy (non-hydrogen) atoms. The summed E-state index contributed by atoms with van der Waals surface area (Å²) >= 11 is 0. The number of fused-ring (bicyclic) bond motifs is 1. The van der Waals surface area contributed by atoms with Gasteiger partial charge in [0.15, 0.2) is 0 Å². The van der Waals surface area contributed by atoms with Crippen LogP contribution in [0.1, 0.15) is 36.1 Å². The lowest BCUT2D eigenvalue weighted by Gasteiger charge is -2.25. The normalized spacial score (nSPS) is 18.5. The summed E-state index contributed by atoms with van der Waals surface area (Å²) < 4.78 is 44.2. The Morgan fingerprint density at radius 1 is 1.08 bits per heavy atom. The van der Waals surface area contributed by atoms with Gasteiger partial charge >= 0.3 is 6.18 Å². The van der Waals surface area contributed by atoms with Crippen molar-refractivity contribution in [3.05, 3.63) is 65.2 Å². The zero-order chi connectivity index (χ0) is 17.9. The minimum absolute atomic E-state index is 0.179. The summed E-state index contributed by atoms with van der Waals surface area (Å²) in [7, 11) is 0. The van der Waals surface area contributed by atoms with Crippen molar-refractivity contribution in [1.29, 1.82) is 0 Å². The number of hydrogen-bond acceptors (Lipinski definition) is 2. The molecule has 2 aromatic carbocycles. The Labute approximate surface area is 146 Å². The van der Waals surface area contributed by atoms with Gasteiger partial charge in [0.25, 0.3) is 0 Å². The molecule has 1 unspecified atom stereocenters. The molecule has 3 rings (SSSR count). The van der Waals surface area contributed by atoms with Gasteiger partial charge in [-0.05, 0) is 54.8 Å². The lowest BCUT2D eigenvalue weighted by Crippen LogP contribution is -2.31. The Balaban J connectivity index is 1.83. The van der Waals surface area contributed by atoms with Gasteiger partial charge in [-0.3, -0.25) is 4.90 Å². The minimum Gasteiger partial charge on any atom is -0.484 e. The van der Waals surface area contributed by atoms with E-state index < -0.39 is 11.7 Å². The fourth-order valence-corrected chi connectivity index (χ4v) is 3.29. The third-order valence-electron chi connectivity index (χ3n) is 4.52. The van der Waals surface area contributed by atoms with Crippen LogP contribution in [0.5, 0.6) is 5.75 Å². The van der Waals surface area contributed by atoms with Crippen LogP contribution in [0, 0.1) is 0 Å². The molecule has 0 bridgehead atoms. The Hall–Kier alpha value is -2.01. The van der Waals surface area contributed by atoms with Crippen molar-refractivity contribution in [2.75, 3.05) is 19.6 Å². The third-order valence-corrected chi connectivity index (χ3v) is 4.52. The van der Waals surface area contributed by atoms with Crippen molar-refractivity contribution >= 4 is 0 Å². The largest absolute Gasteiger partial charge is 0.484 e. The Bertz CT molecular complexity index is 697. The topological polar surface area (TPSA) is 12.5 Å². The van der Waals surface area contributed by atoms with Crippen LogP contribution >= 0.6 is 0 Å². The molecule has 2 aromatic rings. The molecule has 0 amide bonds. The van der Waals surface area contributed by atoms with Crippen LogP contribution in [0.25, 0.3) is 0 Å². The smallest absolute Gasteiger partial charge is 0.416 e. The predicted molar refractivity (Wildman–Crippen MR) is 91.7 cm³/mol. The molecule has 0 N–H and O–H groups in total. The van der Waals surface area contributed by atoms with E-state index in [1.165, 1.54) is 17.7 Å². The molecule has 0 fully saturated rings. The highest BCUT2D eigenvalue weighted by Crippen LogP contribution is 2.32. The van der Waals surface area contributed by atoms with E-state index in [4.69, 9.17) is 4.74 Å². The number of benzene rings is 2. The number of ether oxygens (including phenoxy) is 1. The van der Waals surface area contributed by atoms with E-state index in [0.29, 0.717) is 5.75 Å². The van der Waals surface area contributed by atoms with Gasteiger partial charge in [0.1, 0.15) is 11.9 Å². The first-order valence-corrected chi connectivity index (χ1v) is 8.61. The van der Waals surface area contributed by atoms with Crippen molar-refractivity contribution in [3.8, 4) is 5.75 Å². The first kappa shape index (κ1) is 17.8. The van der Waals surface area contributed by atoms with Gasteiger partial charge in [-0.1, -0.05) is 31.2 Å². The molecule has 1 aliphatic heterocycles. The molecule has 5 heteroatoms. The van der Waals surface area contributed by atoms with Gasteiger partial charge < -0.3 is 4.74 Å². The van der Waals surface area contributed by atoms with Crippen molar-refractivity contribution < 1.29 is 17.9 Å². The Morgan fingerprint density at radius 2 is 1.80 bits per heavy atom. The molecule has 1 heterocycles. The predicted octanol–water partition coefficient (Wildman–Crippen LogP) is 5.09. The number of rotatable bonds is 4. The summed E-state index contributed by atoms with van der Waals surface area (Å²) in [6, 6.07) is 13.1. The molecule has 0 saturated carbocycles. The second-order valence-corrected chi connectivity index (χ2v) is 6.38. The van der Waals surface area contributed by atoms with Crippen molar-refractivity contribution in [2.45, 2.75) is 32.0 Å². The quantitative estimate of drug-likeness (QED) is 0.762. The van der Waals surface area contributed by atoms with Gasteiger partial charge in [0.05, 0.1) is 5.56 Å². The molecule has 0 spiro atoms. The lowest BCUT2D eigenvalue weighted by atomic mass is 10.0. The fourth-order valence-electron chi connectivity index (χ4n) is 3.29. The average Bonchev–Trinajstić information content (AvgIpc) is 2.75. The Morgan fingerprint density at radius 3 is 2.48 bits per heavy atom. The standard InChI is InChI=1S/C20H22F3NO/c1-2-12-24-13-11-15-5-3-4-6-18(15)19(14-24)25-17-9-7-16(8-10-17)20(21,22)23/h3-10,19H,2,11-14H2,1H3. The SMILES string of the molecule is CCCN1CCc2ccccc2C(Oc2ccc(C(F)(F)F)cc2)C1. The van der Waals surface area contributed by atoms with Gasteiger partial charge in [0, 0.05) is 13.1 Å². The molecule has 134 valence electrons. The molecule has 1 atom stereocenters. The molecule has 1 aliphatic rings. The van der Waals surface area contributed by atoms with E-state index in [2.05, 4.69) is 24.0 Å². The highest BCUT2D eigenvalue weighted by Gasteiger charge is 2.30. The maximum absolute atomic E-state index is 12.7. The number of halogens is 3. The minimum atomic E-state index is -4.33. The van der Waals surface area contributed by atoms with Crippen LogP contribution < -0.4 is 4.74 Å². The average molecular weight is 349 g/mol. The van der Waals surface area contributed by atoms with Crippen LogP contribution in [0.3, 0.4) is 0 Å². The molecule has 0 aliphatic carbocycles. The monoisotopic (exact) mass is 349 g/mol. The van der Waals surface area contributed by atoms with E-state index in [9.17, 15) is 13.2 Å². The lowest BCUT2D eigenvalue weighted by molar-refractivity contribution is -0.137. The molecule has 0 saturated heterocycles. The zero-order valence-electron chi connectivity index (χ0n) is 14.2. The van der Waals surface area contributed by atoms with Crippen molar-refractivity contribution in [3.63, 3.8) is 0 Å².